The van der Waals surface area contributed by atoms with Gasteiger partial charge in [0.15, 0.2) is 6.23 Å². The number of unbranched alkanes of at least 4 members (excludes halogenated alkanes) is 2. The summed E-state index contributed by atoms with van der Waals surface area (Å²) in [5, 5.41) is 0.790. The average Bonchev–Trinajstić information content (AvgIpc) is 3.45. The van der Waals surface area contributed by atoms with Crippen molar-refractivity contribution in [2.75, 3.05) is 20.8 Å². The number of aromatic nitrogens is 1. The average molecular weight is 473 g/mol. The van der Waals surface area contributed by atoms with E-state index < -0.39 is 18.2 Å². The third kappa shape index (κ3) is 5.76. The first-order valence-electron chi connectivity index (χ1n) is 11.6. The Kier molecular flexibility index (Phi) is 8.67. The maximum absolute atomic E-state index is 12.6. The number of rotatable bonds is 9. The minimum absolute atomic E-state index is 0.0855. The number of para-hydroxylation sites is 1. The molecule has 34 heavy (non-hydrogen) atoms. The Labute approximate surface area is 198 Å². The molecule has 2 heterocycles. The van der Waals surface area contributed by atoms with Crippen LogP contribution in [0.4, 0.5) is 4.79 Å². The molecule has 0 N–H and O–H groups in total. The second-order valence-corrected chi connectivity index (χ2v) is 8.42. The lowest BCUT2D eigenvalue weighted by Gasteiger charge is -2.23. The van der Waals surface area contributed by atoms with Crippen molar-refractivity contribution in [1.29, 1.82) is 0 Å². The Morgan fingerprint density at radius 1 is 1.06 bits per heavy atom. The van der Waals surface area contributed by atoms with Gasteiger partial charge in [-0.1, -0.05) is 31.0 Å². The molecular formula is C25H32N2O7. The monoisotopic (exact) mass is 472 g/mol. The molecule has 1 aromatic heterocycles. The van der Waals surface area contributed by atoms with Crippen molar-refractivity contribution in [3.8, 4) is 0 Å². The van der Waals surface area contributed by atoms with Crippen molar-refractivity contribution in [3.63, 3.8) is 0 Å². The first-order chi connectivity index (χ1) is 16.4. The molecule has 0 radical (unpaired) electrons. The van der Waals surface area contributed by atoms with E-state index in [1.165, 1.54) is 25.7 Å². The van der Waals surface area contributed by atoms with Crippen LogP contribution in [0.5, 0.6) is 0 Å². The highest BCUT2D eigenvalue weighted by Gasteiger charge is 2.30. The van der Waals surface area contributed by atoms with Crippen molar-refractivity contribution in [3.05, 3.63) is 36.0 Å². The molecule has 1 fully saturated rings. The van der Waals surface area contributed by atoms with Gasteiger partial charge in [-0.3, -0.25) is 19.0 Å². The summed E-state index contributed by atoms with van der Waals surface area (Å²) in [5.41, 5.74) is 1.37. The molecule has 0 spiro atoms. The predicted octanol–water partition coefficient (Wildman–Crippen LogP) is 3.97. The Bertz CT molecular complexity index is 1050. The van der Waals surface area contributed by atoms with Gasteiger partial charge >= 0.3 is 18.0 Å². The molecule has 0 saturated carbocycles. The second kappa shape index (κ2) is 11.7. The highest BCUT2D eigenvalue weighted by molar-refractivity contribution is 5.95. The van der Waals surface area contributed by atoms with Crippen LogP contribution >= 0.6 is 0 Å². The quantitative estimate of drug-likeness (QED) is 0.309. The van der Waals surface area contributed by atoms with E-state index >= 15 is 0 Å². The fourth-order valence-electron chi connectivity index (χ4n) is 4.50. The van der Waals surface area contributed by atoms with Crippen LogP contribution in [0.2, 0.25) is 0 Å². The lowest BCUT2D eigenvalue weighted by molar-refractivity contribution is -0.160. The van der Waals surface area contributed by atoms with Crippen LogP contribution in [0.1, 0.15) is 63.4 Å². The van der Waals surface area contributed by atoms with Gasteiger partial charge in [0.25, 0.3) is 0 Å². The molecule has 0 bridgehead atoms. The number of fused-ring (bicyclic) bond motifs is 1. The van der Waals surface area contributed by atoms with Gasteiger partial charge in [-0.05, 0) is 30.9 Å². The van der Waals surface area contributed by atoms with Crippen LogP contribution in [0.25, 0.3) is 10.9 Å². The van der Waals surface area contributed by atoms with Crippen molar-refractivity contribution >= 4 is 34.8 Å². The number of likely N-dealkylation sites (tertiary alicyclic amines) is 1. The lowest BCUT2D eigenvalue weighted by Crippen LogP contribution is -2.36. The topological polar surface area (TPSA) is 104 Å². The minimum Gasteiger partial charge on any atom is -0.469 e. The third-order valence-corrected chi connectivity index (χ3v) is 6.22. The number of carbonyl (C=O) groups excluding carboxylic acids is 4. The zero-order valence-electron chi connectivity index (χ0n) is 20.0. The van der Waals surface area contributed by atoms with E-state index in [0.29, 0.717) is 43.3 Å². The summed E-state index contributed by atoms with van der Waals surface area (Å²) in [7, 11) is 2.65. The number of methoxy groups -OCH3 is 2. The Morgan fingerprint density at radius 2 is 1.82 bits per heavy atom. The van der Waals surface area contributed by atoms with E-state index in [-0.39, 0.29) is 24.3 Å². The molecule has 2 unspecified atom stereocenters. The van der Waals surface area contributed by atoms with E-state index in [9.17, 15) is 19.2 Å². The first kappa shape index (κ1) is 25.3. The maximum atomic E-state index is 12.6. The van der Waals surface area contributed by atoms with Crippen LogP contribution in [0.3, 0.4) is 0 Å². The second-order valence-electron chi connectivity index (χ2n) is 8.42. The molecule has 1 amide bonds. The van der Waals surface area contributed by atoms with Crippen molar-refractivity contribution in [2.24, 2.45) is 0 Å². The van der Waals surface area contributed by atoms with E-state index in [1.54, 1.807) is 17.2 Å². The Morgan fingerprint density at radius 3 is 2.53 bits per heavy atom. The van der Waals surface area contributed by atoms with Gasteiger partial charge in [-0.25, -0.2) is 4.79 Å². The zero-order chi connectivity index (χ0) is 24.7. The number of carbonyl (C=O) groups is 4. The lowest BCUT2D eigenvalue weighted by atomic mass is 9.92. The molecule has 2 atom stereocenters. The summed E-state index contributed by atoms with van der Waals surface area (Å²) < 4.78 is 16.8. The number of esters is 2. The number of benzene rings is 1. The third-order valence-electron chi connectivity index (χ3n) is 6.22. The number of hydrogen-bond donors (Lipinski definition) is 0. The number of nitrogens with zero attached hydrogens (tertiary/aromatic N) is 2. The van der Waals surface area contributed by atoms with E-state index in [2.05, 4.69) is 0 Å². The molecule has 3 rings (SSSR count). The van der Waals surface area contributed by atoms with E-state index in [0.717, 1.165) is 18.2 Å². The van der Waals surface area contributed by atoms with E-state index in [1.807, 2.05) is 18.2 Å². The highest BCUT2D eigenvalue weighted by atomic mass is 16.6. The highest BCUT2D eigenvalue weighted by Crippen LogP contribution is 2.32. The standard InChI is InChI=1S/C25H32N2O7/c1-17(28)26-15-9-13-22(26)34-23(29)14-6-4-5-11-19(24(30)32-2)20-16-27(25(31)33-3)21-12-8-7-10-18(20)21/h7-8,10,12,16,19,22H,4-6,9,11,13-15H2,1-3H3. The smallest absolute Gasteiger partial charge is 0.418 e. The molecule has 2 aromatic rings. The van der Waals surface area contributed by atoms with E-state index in [4.69, 9.17) is 14.2 Å². The number of hydrogen-bond acceptors (Lipinski definition) is 7. The van der Waals surface area contributed by atoms with Gasteiger partial charge in [-0.2, -0.15) is 0 Å². The first-order valence-corrected chi connectivity index (χ1v) is 11.6. The fourth-order valence-corrected chi connectivity index (χ4v) is 4.50. The number of amides is 1. The Hall–Kier alpha value is -3.36. The van der Waals surface area contributed by atoms with Crippen LogP contribution in [0, 0.1) is 0 Å². The summed E-state index contributed by atoms with van der Waals surface area (Å²) in [6.07, 6.45) is 4.94. The fraction of sp³-hybridized carbons (Fsp3) is 0.520. The molecule has 1 aromatic carbocycles. The Balaban J connectivity index is 1.58. The summed E-state index contributed by atoms with van der Waals surface area (Å²) in [5.74, 6) is -1.32. The van der Waals surface area contributed by atoms with Gasteiger partial charge in [0.1, 0.15) is 0 Å². The molecule has 9 nitrogen and oxygen atoms in total. The molecule has 1 aliphatic heterocycles. The predicted molar refractivity (Wildman–Crippen MR) is 124 cm³/mol. The SMILES string of the molecule is COC(=O)C(CCCCCC(=O)OC1CCCN1C(C)=O)c1cn(C(=O)OC)c2ccccc12. The maximum Gasteiger partial charge on any atom is 0.418 e. The van der Waals surface area contributed by atoms with Gasteiger partial charge in [0, 0.05) is 37.9 Å². The summed E-state index contributed by atoms with van der Waals surface area (Å²) >= 11 is 0. The summed E-state index contributed by atoms with van der Waals surface area (Å²) in [4.78, 5) is 50.2. The molecule has 0 aliphatic carbocycles. The molecule has 1 saturated heterocycles. The summed E-state index contributed by atoms with van der Waals surface area (Å²) in [6.45, 7) is 2.10. The molecule has 184 valence electrons. The normalized spacial score (nSPS) is 16.3. The van der Waals surface area contributed by atoms with Crippen LogP contribution in [-0.2, 0) is 28.6 Å². The molecule has 9 heteroatoms. The van der Waals surface area contributed by atoms with Gasteiger partial charge in [-0.15, -0.1) is 0 Å². The van der Waals surface area contributed by atoms with Gasteiger partial charge < -0.3 is 19.1 Å². The van der Waals surface area contributed by atoms with Gasteiger partial charge in [0.05, 0.1) is 25.7 Å². The van der Waals surface area contributed by atoms with Crippen molar-refractivity contribution < 1.29 is 33.4 Å². The van der Waals surface area contributed by atoms with Gasteiger partial charge in [0.2, 0.25) is 5.91 Å². The summed E-state index contributed by atoms with van der Waals surface area (Å²) in [6, 6.07) is 7.33. The molecule has 1 aliphatic rings. The van der Waals surface area contributed by atoms with Crippen molar-refractivity contribution in [1.82, 2.24) is 9.47 Å². The minimum atomic E-state index is -0.546. The van der Waals surface area contributed by atoms with Crippen LogP contribution in [0.15, 0.2) is 30.5 Å². The van der Waals surface area contributed by atoms with Crippen LogP contribution in [-0.4, -0.2) is 60.4 Å². The molecular weight excluding hydrogens is 440 g/mol. The number of ether oxygens (including phenoxy) is 3. The van der Waals surface area contributed by atoms with Crippen molar-refractivity contribution in [2.45, 2.75) is 64.0 Å². The zero-order valence-corrected chi connectivity index (χ0v) is 20.0. The largest absolute Gasteiger partial charge is 0.469 e. The van der Waals surface area contributed by atoms with Crippen LogP contribution < -0.4 is 0 Å².